The molecular formula is C16H31ClN2O. The van der Waals surface area contributed by atoms with Crippen LogP contribution in [-0.4, -0.2) is 37.0 Å². The number of nitrogens with one attached hydrogen (secondary N) is 1. The third-order valence-corrected chi connectivity index (χ3v) is 4.98. The number of carbonyl (C=O) groups is 1. The third kappa shape index (κ3) is 5.61. The summed E-state index contributed by atoms with van der Waals surface area (Å²) in [6.45, 7) is 2.12. The minimum absolute atomic E-state index is 0. The molecule has 0 bridgehead atoms. The van der Waals surface area contributed by atoms with Crippen molar-refractivity contribution in [2.24, 2.45) is 5.92 Å². The molecule has 4 heteroatoms. The summed E-state index contributed by atoms with van der Waals surface area (Å²) in [5, 5.41) is 3.36. The first-order valence-electron chi connectivity index (χ1n) is 8.24. The van der Waals surface area contributed by atoms with Gasteiger partial charge in [0.2, 0.25) is 5.91 Å². The largest absolute Gasteiger partial charge is 0.343 e. The molecule has 1 saturated heterocycles. The number of rotatable bonds is 5. The lowest BCUT2D eigenvalue weighted by molar-refractivity contribution is -0.132. The predicted octanol–water partition coefficient (Wildman–Crippen LogP) is 3.37. The lowest BCUT2D eigenvalue weighted by atomic mass is 9.86. The van der Waals surface area contributed by atoms with E-state index in [-0.39, 0.29) is 12.4 Å². The van der Waals surface area contributed by atoms with E-state index in [1.54, 1.807) is 0 Å². The number of hydrogen-bond acceptors (Lipinski definition) is 2. The van der Waals surface area contributed by atoms with Crippen LogP contribution in [-0.2, 0) is 4.79 Å². The molecule has 1 amide bonds. The molecule has 2 aliphatic rings. The van der Waals surface area contributed by atoms with Crippen LogP contribution in [0.3, 0.4) is 0 Å². The SMILES string of the molecule is CN(C(=O)CCCC1CCCCC1)C1CCNCC1.Cl. The van der Waals surface area contributed by atoms with Crippen molar-refractivity contribution < 1.29 is 4.79 Å². The number of hydrogen-bond donors (Lipinski definition) is 1. The van der Waals surface area contributed by atoms with Crippen molar-refractivity contribution in [2.75, 3.05) is 20.1 Å². The van der Waals surface area contributed by atoms with Gasteiger partial charge in [-0.2, -0.15) is 0 Å². The van der Waals surface area contributed by atoms with E-state index < -0.39 is 0 Å². The van der Waals surface area contributed by atoms with Gasteiger partial charge in [0.05, 0.1) is 0 Å². The standard InChI is InChI=1S/C16H30N2O.ClH/c1-18(15-10-12-17-13-11-15)16(19)9-5-8-14-6-3-2-4-7-14;/h14-15,17H,2-13H2,1H3;1H. The topological polar surface area (TPSA) is 32.3 Å². The fraction of sp³-hybridized carbons (Fsp3) is 0.938. The molecule has 0 aromatic rings. The van der Waals surface area contributed by atoms with Gasteiger partial charge in [-0.05, 0) is 44.7 Å². The van der Waals surface area contributed by atoms with Crippen molar-refractivity contribution in [3.63, 3.8) is 0 Å². The van der Waals surface area contributed by atoms with Gasteiger partial charge in [0.25, 0.3) is 0 Å². The van der Waals surface area contributed by atoms with Crippen molar-refractivity contribution in [3.8, 4) is 0 Å². The Morgan fingerprint density at radius 2 is 1.75 bits per heavy atom. The van der Waals surface area contributed by atoms with Crippen LogP contribution < -0.4 is 5.32 Å². The Morgan fingerprint density at radius 1 is 1.10 bits per heavy atom. The van der Waals surface area contributed by atoms with Crippen molar-refractivity contribution in [3.05, 3.63) is 0 Å². The highest BCUT2D eigenvalue weighted by Gasteiger charge is 2.21. The van der Waals surface area contributed by atoms with Crippen LogP contribution >= 0.6 is 12.4 Å². The normalized spacial score (nSPS) is 21.2. The highest BCUT2D eigenvalue weighted by atomic mass is 35.5. The smallest absolute Gasteiger partial charge is 0.222 e. The lowest BCUT2D eigenvalue weighted by Gasteiger charge is -2.32. The fourth-order valence-corrected chi connectivity index (χ4v) is 3.59. The number of piperidine rings is 1. The van der Waals surface area contributed by atoms with E-state index in [1.807, 2.05) is 11.9 Å². The summed E-state index contributed by atoms with van der Waals surface area (Å²) in [6.07, 6.45) is 12.4. The van der Waals surface area contributed by atoms with Crippen LogP contribution in [0.25, 0.3) is 0 Å². The molecule has 3 nitrogen and oxygen atoms in total. The van der Waals surface area contributed by atoms with Crippen LogP contribution in [0.5, 0.6) is 0 Å². The molecule has 0 spiro atoms. The fourth-order valence-electron chi connectivity index (χ4n) is 3.59. The van der Waals surface area contributed by atoms with Gasteiger partial charge in [-0.1, -0.05) is 32.1 Å². The molecule has 1 aliphatic heterocycles. The van der Waals surface area contributed by atoms with Gasteiger partial charge in [0, 0.05) is 19.5 Å². The average molecular weight is 303 g/mol. The van der Waals surface area contributed by atoms with Crippen LogP contribution in [0, 0.1) is 5.92 Å². The van der Waals surface area contributed by atoms with E-state index in [0.717, 1.165) is 44.7 Å². The molecule has 0 unspecified atom stereocenters. The molecule has 0 radical (unpaired) electrons. The van der Waals surface area contributed by atoms with Crippen molar-refractivity contribution in [1.82, 2.24) is 10.2 Å². The number of carbonyl (C=O) groups excluding carboxylic acids is 1. The van der Waals surface area contributed by atoms with Crippen LogP contribution in [0.4, 0.5) is 0 Å². The van der Waals surface area contributed by atoms with E-state index in [2.05, 4.69) is 5.32 Å². The number of amides is 1. The zero-order chi connectivity index (χ0) is 13.5. The van der Waals surface area contributed by atoms with E-state index in [4.69, 9.17) is 0 Å². The zero-order valence-electron chi connectivity index (χ0n) is 12.9. The molecule has 1 saturated carbocycles. The van der Waals surface area contributed by atoms with E-state index in [0.29, 0.717) is 11.9 Å². The third-order valence-electron chi connectivity index (χ3n) is 4.98. The average Bonchev–Trinajstić information content (AvgIpc) is 2.48. The second-order valence-corrected chi connectivity index (χ2v) is 6.38. The van der Waals surface area contributed by atoms with Gasteiger partial charge in [0.15, 0.2) is 0 Å². The first-order valence-corrected chi connectivity index (χ1v) is 8.24. The minimum atomic E-state index is 0. The Balaban J connectivity index is 0.00000200. The first-order chi connectivity index (χ1) is 9.27. The second kappa shape index (κ2) is 9.62. The maximum atomic E-state index is 12.2. The quantitative estimate of drug-likeness (QED) is 0.844. The summed E-state index contributed by atoms with van der Waals surface area (Å²) in [5.41, 5.74) is 0. The second-order valence-electron chi connectivity index (χ2n) is 6.38. The highest BCUT2D eigenvalue weighted by molar-refractivity contribution is 5.85. The van der Waals surface area contributed by atoms with Gasteiger partial charge < -0.3 is 10.2 Å². The Kier molecular flexibility index (Phi) is 8.55. The van der Waals surface area contributed by atoms with E-state index >= 15 is 0 Å². The molecule has 1 aliphatic carbocycles. The summed E-state index contributed by atoms with van der Waals surface area (Å²) >= 11 is 0. The molecule has 118 valence electrons. The molecular weight excluding hydrogens is 272 g/mol. The van der Waals surface area contributed by atoms with Crippen LogP contribution in [0.2, 0.25) is 0 Å². The maximum Gasteiger partial charge on any atom is 0.222 e. The predicted molar refractivity (Wildman–Crippen MR) is 86.3 cm³/mol. The van der Waals surface area contributed by atoms with Gasteiger partial charge in [-0.3, -0.25) is 4.79 Å². The van der Waals surface area contributed by atoms with Crippen molar-refractivity contribution in [2.45, 2.75) is 70.3 Å². The van der Waals surface area contributed by atoms with Crippen LogP contribution in [0.15, 0.2) is 0 Å². The van der Waals surface area contributed by atoms with Gasteiger partial charge in [0.1, 0.15) is 0 Å². The minimum Gasteiger partial charge on any atom is -0.343 e. The highest BCUT2D eigenvalue weighted by Crippen LogP contribution is 2.27. The molecule has 2 rings (SSSR count). The summed E-state index contributed by atoms with van der Waals surface area (Å²) in [7, 11) is 2.00. The number of halogens is 1. The molecule has 2 fully saturated rings. The Morgan fingerprint density at radius 3 is 2.40 bits per heavy atom. The Hall–Kier alpha value is -0.280. The van der Waals surface area contributed by atoms with Gasteiger partial charge in [-0.15, -0.1) is 12.4 Å². The summed E-state index contributed by atoms with van der Waals surface area (Å²) in [5.74, 6) is 1.27. The Labute approximate surface area is 130 Å². The first kappa shape index (κ1) is 17.8. The zero-order valence-corrected chi connectivity index (χ0v) is 13.7. The van der Waals surface area contributed by atoms with Crippen molar-refractivity contribution >= 4 is 18.3 Å². The summed E-state index contributed by atoms with van der Waals surface area (Å²) < 4.78 is 0. The molecule has 20 heavy (non-hydrogen) atoms. The molecule has 0 aromatic heterocycles. The molecule has 0 atom stereocenters. The molecule has 1 heterocycles. The summed E-state index contributed by atoms with van der Waals surface area (Å²) in [6, 6.07) is 0.475. The van der Waals surface area contributed by atoms with E-state index in [1.165, 1.54) is 38.5 Å². The molecule has 0 aromatic carbocycles. The maximum absolute atomic E-state index is 12.2. The van der Waals surface area contributed by atoms with Gasteiger partial charge >= 0.3 is 0 Å². The molecule has 1 N–H and O–H groups in total. The van der Waals surface area contributed by atoms with E-state index in [9.17, 15) is 4.79 Å². The number of nitrogens with zero attached hydrogens (tertiary/aromatic N) is 1. The Bertz CT molecular complexity index is 274. The monoisotopic (exact) mass is 302 g/mol. The summed E-state index contributed by atoms with van der Waals surface area (Å²) in [4.78, 5) is 14.2. The van der Waals surface area contributed by atoms with Crippen molar-refractivity contribution in [1.29, 1.82) is 0 Å². The lowest BCUT2D eigenvalue weighted by Crippen LogP contribution is -2.43. The van der Waals surface area contributed by atoms with Crippen LogP contribution in [0.1, 0.15) is 64.2 Å². The van der Waals surface area contributed by atoms with Gasteiger partial charge in [-0.25, -0.2) is 0 Å².